The molecule has 0 atom stereocenters. The van der Waals surface area contributed by atoms with Crippen LogP contribution in [0.25, 0.3) is 0 Å². The molecule has 0 saturated heterocycles. The van der Waals surface area contributed by atoms with Crippen LogP contribution >= 0.6 is 15.9 Å². The Morgan fingerprint density at radius 1 is 1.50 bits per heavy atom. The van der Waals surface area contributed by atoms with E-state index in [4.69, 9.17) is 10.8 Å². The van der Waals surface area contributed by atoms with Crippen molar-refractivity contribution in [3.63, 3.8) is 0 Å². The van der Waals surface area contributed by atoms with Gasteiger partial charge in [-0.15, -0.1) is 0 Å². The van der Waals surface area contributed by atoms with Crippen LogP contribution in [0.4, 0.5) is 10.1 Å². The van der Waals surface area contributed by atoms with Crippen LogP contribution in [-0.2, 0) is 10.0 Å². The monoisotopic (exact) mass is 312 g/mol. The third-order valence-corrected chi connectivity index (χ3v) is 3.87. The molecule has 0 unspecified atom stereocenters. The van der Waals surface area contributed by atoms with Gasteiger partial charge in [0, 0.05) is 6.54 Å². The lowest BCUT2D eigenvalue weighted by Crippen LogP contribution is -2.27. The average molecular weight is 313 g/mol. The van der Waals surface area contributed by atoms with Crippen molar-refractivity contribution < 1.29 is 17.9 Å². The van der Waals surface area contributed by atoms with Gasteiger partial charge >= 0.3 is 0 Å². The van der Waals surface area contributed by atoms with Gasteiger partial charge in [0.05, 0.1) is 16.8 Å². The lowest BCUT2D eigenvalue weighted by Gasteiger charge is -2.09. The predicted molar refractivity (Wildman–Crippen MR) is 60.8 cm³/mol. The van der Waals surface area contributed by atoms with Crippen LogP contribution in [0.15, 0.2) is 21.5 Å². The number of sulfonamides is 1. The number of nitrogens with two attached hydrogens (primary N) is 1. The number of rotatable bonds is 4. The van der Waals surface area contributed by atoms with Crippen molar-refractivity contribution in [3.05, 3.63) is 22.4 Å². The highest BCUT2D eigenvalue weighted by Gasteiger charge is 2.18. The minimum Gasteiger partial charge on any atom is -0.398 e. The first kappa shape index (κ1) is 13.4. The number of benzene rings is 1. The van der Waals surface area contributed by atoms with Gasteiger partial charge in [-0.3, -0.25) is 0 Å². The maximum Gasteiger partial charge on any atom is 0.242 e. The molecule has 0 aliphatic rings. The van der Waals surface area contributed by atoms with Gasteiger partial charge in [-0.05, 0) is 28.1 Å². The first-order valence-corrected chi connectivity index (χ1v) is 6.51. The maximum atomic E-state index is 13.0. The number of nitrogens with one attached hydrogen (secondary N) is 1. The van der Waals surface area contributed by atoms with E-state index >= 15 is 0 Å². The van der Waals surface area contributed by atoms with Gasteiger partial charge in [-0.25, -0.2) is 17.5 Å². The molecule has 16 heavy (non-hydrogen) atoms. The molecule has 90 valence electrons. The smallest absolute Gasteiger partial charge is 0.242 e. The first-order chi connectivity index (χ1) is 7.38. The van der Waals surface area contributed by atoms with Gasteiger partial charge in [0.2, 0.25) is 10.0 Å². The summed E-state index contributed by atoms with van der Waals surface area (Å²) in [4.78, 5) is -0.228. The molecule has 0 fully saturated rings. The molecule has 0 radical (unpaired) electrons. The molecule has 5 nitrogen and oxygen atoms in total. The van der Waals surface area contributed by atoms with E-state index in [9.17, 15) is 12.8 Å². The standard InChI is InChI=1S/C8H10BrFN2O3S/c9-5-3-8(7(11)4-6(5)10)16(14,15)12-1-2-13/h3-4,12-13H,1-2,11H2. The van der Waals surface area contributed by atoms with Gasteiger partial charge in [0.1, 0.15) is 10.7 Å². The summed E-state index contributed by atoms with van der Waals surface area (Å²) in [5.41, 5.74) is 5.22. The van der Waals surface area contributed by atoms with Crippen molar-refractivity contribution in [2.75, 3.05) is 18.9 Å². The molecule has 0 heterocycles. The summed E-state index contributed by atoms with van der Waals surface area (Å²) in [5, 5.41) is 8.52. The van der Waals surface area contributed by atoms with Crippen molar-refractivity contribution in [3.8, 4) is 0 Å². The van der Waals surface area contributed by atoms with E-state index in [1.165, 1.54) is 0 Å². The molecular weight excluding hydrogens is 303 g/mol. The van der Waals surface area contributed by atoms with Crippen LogP contribution < -0.4 is 10.5 Å². The molecule has 1 aromatic rings. The topological polar surface area (TPSA) is 92.4 Å². The molecule has 0 spiro atoms. The Labute approximate surface area is 101 Å². The fourth-order valence-electron chi connectivity index (χ4n) is 1.03. The van der Waals surface area contributed by atoms with Gasteiger partial charge in [-0.2, -0.15) is 0 Å². The Balaban J connectivity index is 3.18. The molecule has 0 aliphatic heterocycles. The SMILES string of the molecule is Nc1cc(F)c(Br)cc1S(=O)(=O)NCCO. The zero-order valence-electron chi connectivity index (χ0n) is 8.07. The zero-order chi connectivity index (χ0) is 12.3. The van der Waals surface area contributed by atoms with Gasteiger partial charge in [-0.1, -0.05) is 0 Å². The Hall–Kier alpha value is -0.700. The molecule has 0 saturated carbocycles. The highest BCUT2D eigenvalue weighted by atomic mass is 79.9. The highest BCUT2D eigenvalue weighted by molar-refractivity contribution is 9.10. The molecule has 0 aromatic heterocycles. The Kier molecular flexibility index (Phi) is 4.25. The molecule has 8 heteroatoms. The molecule has 1 aromatic carbocycles. The van der Waals surface area contributed by atoms with Crippen LogP contribution in [0.2, 0.25) is 0 Å². The number of hydrogen-bond acceptors (Lipinski definition) is 4. The summed E-state index contributed by atoms with van der Waals surface area (Å²) >= 11 is 2.87. The largest absolute Gasteiger partial charge is 0.398 e. The predicted octanol–water partition coefficient (Wildman–Crippen LogP) is 0.441. The number of hydrogen-bond donors (Lipinski definition) is 3. The number of nitrogen functional groups attached to an aromatic ring is 1. The van der Waals surface area contributed by atoms with E-state index in [1.54, 1.807) is 0 Å². The van der Waals surface area contributed by atoms with Crippen molar-refractivity contribution in [1.82, 2.24) is 4.72 Å². The summed E-state index contributed by atoms with van der Waals surface area (Å²) in [5.74, 6) is -0.640. The van der Waals surface area contributed by atoms with Crippen LogP contribution in [-0.4, -0.2) is 26.7 Å². The fourth-order valence-corrected chi connectivity index (χ4v) is 2.69. The van der Waals surface area contributed by atoms with Crippen molar-refractivity contribution >= 4 is 31.6 Å². The summed E-state index contributed by atoms with van der Waals surface area (Å²) in [6.07, 6.45) is 0. The van der Waals surface area contributed by atoms with Gasteiger partial charge in [0.25, 0.3) is 0 Å². The fraction of sp³-hybridized carbons (Fsp3) is 0.250. The van der Waals surface area contributed by atoms with Gasteiger partial charge < -0.3 is 10.8 Å². The Morgan fingerprint density at radius 2 is 2.12 bits per heavy atom. The summed E-state index contributed by atoms with van der Waals surface area (Å²) in [6.45, 7) is -0.460. The van der Waals surface area contributed by atoms with E-state index in [2.05, 4.69) is 20.7 Å². The minimum atomic E-state index is -3.82. The Bertz CT molecular complexity index is 492. The second-order valence-electron chi connectivity index (χ2n) is 2.93. The second-order valence-corrected chi connectivity index (χ2v) is 5.52. The second kappa shape index (κ2) is 5.09. The van der Waals surface area contributed by atoms with Gasteiger partial charge in [0.15, 0.2) is 0 Å². The number of aliphatic hydroxyl groups is 1. The van der Waals surface area contributed by atoms with E-state index in [1.807, 2.05) is 0 Å². The lowest BCUT2D eigenvalue weighted by molar-refractivity contribution is 0.301. The quantitative estimate of drug-likeness (QED) is 0.703. The van der Waals surface area contributed by atoms with Crippen molar-refractivity contribution in [1.29, 1.82) is 0 Å². The zero-order valence-corrected chi connectivity index (χ0v) is 10.5. The summed E-state index contributed by atoms with van der Waals surface area (Å²) < 4.78 is 38.4. The summed E-state index contributed by atoms with van der Waals surface area (Å²) in [6, 6.07) is 1.99. The van der Waals surface area contributed by atoms with Crippen LogP contribution in [0.1, 0.15) is 0 Å². The van der Waals surface area contributed by atoms with E-state index < -0.39 is 15.8 Å². The molecule has 0 bridgehead atoms. The van der Waals surface area contributed by atoms with E-state index in [-0.39, 0.29) is 28.2 Å². The van der Waals surface area contributed by atoms with Crippen molar-refractivity contribution in [2.45, 2.75) is 4.90 Å². The number of aliphatic hydroxyl groups excluding tert-OH is 1. The number of halogens is 2. The molecule has 0 aliphatic carbocycles. The third kappa shape index (κ3) is 2.91. The normalized spacial score (nSPS) is 11.7. The van der Waals surface area contributed by atoms with Crippen LogP contribution in [0.3, 0.4) is 0 Å². The molecule has 4 N–H and O–H groups in total. The molecule has 0 amide bonds. The first-order valence-electron chi connectivity index (χ1n) is 4.23. The van der Waals surface area contributed by atoms with Crippen LogP contribution in [0.5, 0.6) is 0 Å². The molecule has 1 rings (SSSR count). The highest BCUT2D eigenvalue weighted by Crippen LogP contribution is 2.25. The average Bonchev–Trinajstić information content (AvgIpc) is 2.20. The van der Waals surface area contributed by atoms with Crippen LogP contribution in [0, 0.1) is 5.82 Å². The van der Waals surface area contributed by atoms with E-state index in [0.717, 1.165) is 12.1 Å². The molecular formula is C8H10BrFN2O3S. The minimum absolute atomic E-state index is 0.00562. The van der Waals surface area contributed by atoms with E-state index in [0.29, 0.717) is 0 Å². The Morgan fingerprint density at radius 3 is 2.69 bits per heavy atom. The maximum absolute atomic E-state index is 13.0. The van der Waals surface area contributed by atoms with Crippen molar-refractivity contribution in [2.24, 2.45) is 0 Å². The summed E-state index contributed by atoms with van der Waals surface area (Å²) in [7, 11) is -3.82. The lowest BCUT2D eigenvalue weighted by atomic mass is 10.3. The number of anilines is 1. The third-order valence-electron chi connectivity index (χ3n) is 1.75.